The number of nitrogens with zero attached hydrogens (tertiary/aromatic N) is 1. The van der Waals surface area contributed by atoms with Gasteiger partial charge in [-0.3, -0.25) is 4.90 Å². The van der Waals surface area contributed by atoms with E-state index >= 15 is 0 Å². The first-order valence-corrected chi connectivity index (χ1v) is 9.65. The van der Waals surface area contributed by atoms with Crippen molar-refractivity contribution in [2.45, 2.75) is 19.6 Å². The molecule has 1 fully saturated rings. The van der Waals surface area contributed by atoms with Crippen LogP contribution in [0.4, 0.5) is 0 Å². The monoisotopic (exact) mass is 349 g/mol. The Morgan fingerprint density at radius 3 is 2.64 bits per heavy atom. The number of thiophene rings is 1. The van der Waals surface area contributed by atoms with Gasteiger partial charge in [0, 0.05) is 29.4 Å². The normalized spacial score (nSPS) is 18.4. The van der Waals surface area contributed by atoms with Crippen LogP contribution < -0.4 is 0 Å². The van der Waals surface area contributed by atoms with Gasteiger partial charge in [0.15, 0.2) is 0 Å². The minimum absolute atomic E-state index is 0.181. The van der Waals surface area contributed by atoms with Crippen molar-refractivity contribution in [3.05, 3.63) is 82.7 Å². The third kappa shape index (κ3) is 3.84. The number of aryl methyl sites for hydroxylation is 1. The van der Waals surface area contributed by atoms with E-state index in [0.29, 0.717) is 0 Å². The molecule has 128 valence electrons. The zero-order valence-electron chi connectivity index (χ0n) is 14.5. The van der Waals surface area contributed by atoms with Crippen molar-refractivity contribution in [1.82, 2.24) is 4.90 Å². The third-order valence-corrected chi connectivity index (χ3v) is 5.96. The van der Waals surface area contributed by atoms with E-state index in [1.165, 1.54) is 26.4 Å². The predicted molar refractivity (Wildman–Crippen MR) is 105 cm³/mol. The molecule has 0 unspecified atom stereocenters. The SMILES string of the molecule is Cc1ccccc1-c1ccc([C@@H]2CN(Cc3ccccc3)CCO2)s1. The highest BCUT2D eigenvalue weighted by atomic mass is 32.1. The average Bonchev–Trinajstić information content (AvgIpc) is 3.13. The van der Waals surface area contributed by atoms with Crippen LogP contribution in [0.3, 0.4) is 0 Å². The summed E-state index contributed by atoms with van der Waals surface area (Å²) in [5.41, 5.74) is 4.02. The molecule has 2 nitrogen and oxygen atoms in total. The molecule has 3 aromatic rings. The molecule has 4 rings (SSSR count). The van der Waals surface area contributed by atoms with Gasteiger partial charge in [-0.2, -0.15) is 0 Å². The maximum absolute atomic E-state index is 6.08. The summed E-state index contributed by atoms with van der Waals surface area (Å²) in [6, 6.07) is 23.8. The summed E-state index contributed by atoms with van der Waals surface area (Å²) in [6.07, 6.45) is 0.181. The quantitative estimate of drug-likeness (QED) is 0.634. The van der Waals surface area contributed by atoms with E-state index in [1.807, 2.05) is 11.3 Å². The topological polar surface area (TPSA) is 12.5 Å². The predicted octanol–water partition coefficient (Wildman–Crippen LogP) is 5.30. The lowest BCUT2D eigenvalue weighted by molar-refractivity contribution is -0.0311. The van der Waals surface area contributed by atoms with Gasteiger partial charge in [-0.1, -0.05) is 54.6 Å². The molecule has 1 aromatic heterocycles. The smallest absolute Gasteiger partial charge is 0.104 e. The van der Waals surface area contributed by atoms with E-state index in [1.54, 1.807) is 0 Å². The summed E-state index contributed by atoms with van der Waals surface area (Å²) < 4.78 is 6.08. The third-order valence-electron chi connectivity index (χ3n) is 4.75. The molecule has 0 aliphatic carbocycles. The van der Waals surface area contributed by atoms with Crippen LogP contribution >= 0.6 is 11.3 Å². The van der Waals surface area contributed by atoms with Crippen LogP contribution in [0.15, 0.2) is 66.7 Å². The number of ether oxygens (including phenoxy) is 1. The number of rotatable bonds is 4. The summed E-state index contributed by atoms with van der Waals surface area (Å²) >= 11 is 1.86. The van der Waals surface area contributed by atoms with Crippen LogP contribution in [0, 0.1) is 6.92 Å². The van der Waals surface area contributed by atoms with Crippen molar-refractivity contribution in [3.63, 3.8) is 0 Å². The molecule has 0 spiro atoms. The Labute approximate surface area is 153 Å². The Bertz CT molecular complexity index is 827. The van der Waals surface area contributed by atoms with Gasteiger partial charge in [0.25, 0.3) is 0 Å². The Balaban J connectivity index is 1.48. The lowest BCUT2D eigenvalue weighted by Crippen LogP contribution is -2.37. The van der Waals surface area contributed by atoms with Gasteiger partial charge >= 0.3 is 0 Å². The van der Waals surface area contributed by atoms with Gasteiger partial charge in [0.1, 0.15) is 6.10 Å². The van der Waals surface area contributed by atoms with Gasteiger partial charge in [-0.05, 0) is 35.7 Å². The van der Waals surface area contributed by atoms with Crippen molar-refractivity contribution in [2.24, 2.45) is 0 Å². The molecule has 3 heteroatoms. The molecule has 1 aliphatic rings. The van der Waals surface area contributed by atoms with Gasteiger partial charge in [-0.15, -0.1) is 11.3 Å². The molecule has 0 amide bonds. The van der Waals surface area contributed by atoms with Crippen molar-refractivity contribution in [3.8, 4) is 10.4 Å². The highest BCUT2D eigenvalue weighted by molar-refractivity contribution is 7.15. The molecule has 0 bridgehead atoms. The summed E-state index contributed by atoms with van der Waals surface area (Å²) in [6.45, 7) is 5.93. The molecular weight excluding hydrogens is 326 g/mol. The molecule has 0 radical (unpaired) electrons. The van der Waals surface area contributed by atoms with Crippen molar-refractivity contribution in [1.29, 1.82) is 0 Å². The molecule has 2 heterocycles. The molecule has 1 saturated heterocycles. The van der Waals surface area contributed by atoms with E-state index in [2.05, 4.69) is 78.6 Å². The summed E-state index contributed by atoms with van der Waals surface area (Å²) in [5.74, 6) is 0. The molecule has 2 aromatic carbocycles. The highest BCUT2D eigenvalue weighted by Gasteiger charge is 2.23. The zero-order chi connectivity index (χ0) is 17.1. The maximum Gasteiger partial charge on any atom is 0.104 e. The fraction of sp³-hybridized carbons (Fsp3) is 0.273. The van der Waals surface area contributed by atoms with Gasteiger partial charge in [0.05, 0.1) is 6.61 Å². The Kier molecular flexibility index (Phi) is 4.97. The average molecular weight is 349 g/mol. The lowest BCUT2D eigenvalue weighted by atomic mass is 10.1. The number of hydrogen-bond acceptors (Lipinski definition) is 3. The van der Waals surface area contributed by atoms with Crippen LogP contribution in [-0.4, -0.2) is 24.6 Å². The molecular formula is C22H23NOS. The van der Waals surface area contributed by atoms with Crippen LogP contribution in [0.1, 0.15) is 22.1 Å². The van der Waals surface area contributed by atoms with Crippen LogP contribution in [-0.2, 0) is 11.3 Å². The van der Waals surface area contributed by atoms with E-state index in [0.717, 1.165) is 26.2 Å². The van der Waals surface area contributed by atoms with E-state index in [9.17, 15) is 0 Å². The lowest BCUT2D eigenvalue weighted by Gasteiger charge is -2.32. The second kappa shape index (κ2) is 7.52. The van der Waals surface area contributed by atoms with Gasteiger partial charge in [-0.25, -0.2) is 0 Å². The first kappa shape index (κ1) is 16.5. The van der Waals surface area contributed by atoms with Gasteiger partial charge in [0.2, 0.25) is 0 Å². The van der Waals surface area contributed by atoms with Crippen molar-refractivity contribution >= 4 is 11.3 Å². The Morgan fingerprint density at radius 1 is 1.00 bits per heavy atom. The van der Waals surface area contributed by atoms with Gasteiger partial charge < -0.3 is 4.74 Å². The fourth-order valence-electron chi connectivity index (χ4n) is 3.38. The summed E-state index contributed by atoms with van der Waals surface area (Å²) in [4.78, 5) is 5.16. The molecule has 1 aliphatic heterocycles. The molecule has 0 saturated carbocycles. The van der Waals surface area contributed by atoms with E-state index in [-0.39, 0.29) is 6.10 Å². The Morgan fingerprint density at radius 2 is 1.80 bits per heavy atom. The number of benzene rings is 2. The standard InChI is InChI=1S/C22H23NOS/c1-17-7-5-6-10-19(17)21-11-12-22(25-21)20-16-23(13-14-24-20)15-18-8-3-2-4-9-18/h2-12,20H,13-16H2,1H3/t20-/m0/s1. The first-order chi connectivity index (χ1) is 12.3. The summed E-state index contributed by atoms with van der Waals surface area (Å²) in [5, 5.41) is 0. The zero-order valence-corrected chi connectivity index (χ0v) is 15.3. The molecule has 0 N–H and O–H groups in total. The van der Waals surface area contributed by atoms with Crippen LogP contribution in [0.2, 0.25) is 0 Å². The van der Waals surface area contributed by atoms with Crippen molar-refractivity contribution in [2.75, 3.05) is 19.7 Å². The highest BCUT2D eigenvalue weighted by Crippen LogP contribution is 2.35. The van der Waals surface area contributed by atoms with E-state index < -0.39 is 0 Å². The number of morpholine rings is 1. The van der Waals surface area contributed by atoms with Crippen LogP contribution in [0.25, 0.3) is 10.4 Å². The fourth-order valence-corrected chi connectivity index (χ4v) is 4.52. The molecule has 1 atom stereocenters. The minimum atomic E-state index is 0.181. The maximum atomic E-state index is 6.08. The van der Waals surface area contributed by atoms with Crippen molar-refractivity contribution < 1.29 is 4.74 Å². The number of hydrogen-bond donors (Lipinski definition) is 0. The summed E-state index contributed by atoms with van der Waals surface area (Å²) in [7, 11) is 0. The second-order valence-electron chi connectivity index (χ2n) is 6.60. The largest absolute Gasteiger partial charge is 0.370 e. The minimum Gasteiger partial charge on any atom is -0.370 e. The van der Waals surface area contributed by atoms with Crippen LogP contribution in [0.5, 0.6) is 0 Å². The van der Waals surface area contributed by atoms with E-state index in [4.69, 9.17) is 4.74 Å². The second-order valence-corrected chi connectivity index (χ2v) is 7.71. The first-order valence-electron chi connectivity index (χ1n) is 8.83. The molecule has 25 heavy (non-hydrogen) atoms. The Hall–Kier alpha value is -1.94.